The number of nitrogens with zero attached hydrogens (tertiary/aromatic N) is 6. The summed E-state index contributed by atoms with van der Waals surface area (Å²) < 4.78 is 30.0. The first-order valence-corrected chi connectivity index (χ1v) is 10.8. The Morgan fingerprint density at radius 3 is 2.77 bits per heavy atom. The van der Waals surface area contributed by atoms with E-state index in [1.165, 1.54) is 33.5 Å². The standard InChI is InChI=1S/C21H22F2N8O4/c1-12-6-13(27-35-12)7-31-19(33)17-18(28(2)20(31)34)24-11-29(17)8-16(32)26-14-4-3-5-15(25-14)30-9-21(22,23)10-30/h3-6,11,13,27H,7-10H2,1-2H3,(H,25,26,32). The van der Waals surface area contributed by atoms with Gasteiger partial charge in [0.05, 0.1) is 32.0 Å². The summed E-state index contributed by atoms with van der Waals surface area (Å²) >= 11 is 0. The van der Waals surface area contributed by atoms with Crippen LogP contribution in [0.3, 0.4) is 0 Å². The molecule has 1 amide bonds. The Morgan fingerprint density at radius 2 is 2.09 bits per heavy atom. The number of hydroxylamine groups is 1. The van der Waals surface area contributed by atoms with Crippen LogP contribution in [0.2, 0.25) is 0 Å². The van der Waals surface area contributed by atoms with Crippen LogP contribution in [0.4, 0.5) is 20.4 Å². The van der Waals surface area contributed by atoms with Gasteiger partial charge in [-0.25, -0.2) is 23.5 Å². The number of hydrogen-bond donors (Lipinski definition) is 2. The number of imidazole rings is 1. The molecule has 35 heavy (non-hydrogen) atoms. The minimum Gasteiger partial charge on any atom is -0.413 e. The molecule has 3 aromatic rings. The zero-order chi connectivity index (χ0) is 24.9. The SMILES string of the molecule is CC1=CC(Cn2c(=O)c3c(ncn3CC(=O)Nc3cccc(N4CC(F)(F)C4)n3)n(C)c2=O)NO1. The topological polar surface area (TPSA) is 128 Å². The van der Waals surface area contributed by atoms with E-state index in [1.54, 1.807) is 25.1 Å². The molecule has 0 saturated carbocycles. The lowest BCUT2D eigenvalue weighted by Gasteiger charge is -2.39. The van der Waals surface area contributed by atoms with Crippen molar-refractivity contribution in [2.24, 2.45) is 7.05 Å². The Bertz CT molecular complexity index is 1470. The highest BCUT2D eigenvalue weighted by Crippen LogP contribution is 2.30. The summed E-state index contributed by atoms with van der Waals surface area (Å²) in [6, 6.07) is 4.35. The minimum absolute atomic E-state index is 0.0302. The fourth-order valence-corrected chi connectivity index (χ4v) is 4.09. The van der Waals surface area contributed by atoms with Gasteiger partial charge in [-0.3, -0.25) is 18.7 Å². The highest BCUT2D eigenvalue weighted by atomic mass is 19.3. The summed E-state index contributed by atoms with van der Waals surface area (Å²) in [4.78, 5) is 53.6. The molecular formula is C21H22F2N8O4. The van der Waals surface area contributed by atoms with Crippen LogP contribution < -0.4 is 26.9 Å². The monoisotopic (exact) mass is 488 g/mol. The quantitative estimate of drug-likeness (QED) is 0.504. The van der Waals surface area contributed by atoms with Gasteiger partial charge in [-0.15, -0.1) is 5.48 Å². The van der Waals surface area contributed by atoms with E-state index < -0.39 is 36.2 Å². The van der Waals surface area contributed by atoms with Gasteiger partial charge in [-0.05, 0) is 25.1 Å². The summed E-state index contributed by atoms with van der Waals surface area (Å²) in [6.07, 6.45) is 3.06. The molecule has 3 aromatic heterocycles. The maximum atomic E-state index is 13.2. The molecule has 1 fully saturated rings. The molecule has 0 aromatic carbocycles. The van der Waals surface area contributed by atoms with Crippen LogP contribution in [-0.4, -0.2) is 54.6 Å². The number of rotatable bonds is 6. The summed E-state index contributed by atoms with van der Waals surface area (Å²) in [5.74, 6) is -2.11. The molecule has 12 nitrogen and oxygen atoms in total. The number of hydrogen-bond acceptors (Lipinski definition) is 8. The molecule has 1 atom stereocenters. The van der Waals surface area contributed by atoms with Crippen molar-refractivity contribution in [2.45, 2.75) is 32.0 Å². The third-order valence-corrected chi connectivity index (χ3v) is 5.77. The van der Waals surface area contributed by atoms with Crippen LogP contribution in [0.25, 0.3) is 11.2 Å². The number of aromatic nitrogens is 5. The highest BCUT2D eigenvalue weighted by Gasteiger charge is 2.44. The third kappa shape index (κ3) is 4.27. The first-order valence-electron chi connectivity index (χ1n) is 10.8. The van der Waals surface area contributed by atoms with E-state index in [1.807, 2.05) is 0 Å². The smallest absolute Gasteiger partial charge is 0.332 e. The van der Waals surface area contributed by atoms with Gasteiger partial charge in [-0.2, -0.15) is 0 Å². The average Bonchev–Trinajstić information content (AvgIpc) is 3.39. The lowest BCUT2D eigenvalue weighted by atomic mass is 10.1. The van der Waals surface area contributed by atoms with Gasteiger partial charge in [0.25, 0.3) is 11.5 Å². The molecule has 5 rings (SSSR count). The first-order chi connectivity index (χ1) is 16.6. The molecule has 14 heteroatoms. The van der Waals surface area contributed by atoms with Gasteiger partial charge in [0.15, 0.2) is 11.2 Å². The number of pyridine rings is 1. The van der Waals surface area contributed by atoms with Crippen molar-refractivity contribution in [3.05, 3.63) is 57.2 Å². The number of amides is 1. The number of fused-ring (bicyclic) bond motifs is 1. The molecule has 1 unspecified atom stereocenters. The molecule has 0 radical (unpaired) electrons. The number of nitrogens with one attached hydrogen (secondary N) is 2. The normalized spacial score (nSPS) is 18.8. The summed E-state index contributed by atoms with van der Waals surface area (Å²) in [5, 5.41) is 2.61. The van der Waals surface area contributed by atoms with E-state index >= 15 is 0 Å². The first kappa shape index (κ1) is 22.7. The van der Waals surface area contributed by atoms with E-state index in [-0.39, 0.29) is 36.1 Å². The van der Waals surface area contributed by atoms with E-state index in [2.05, 4.69) is 20.8 Å². The van der Waals surface area contributed by atoms with E-state index in [0.29, 0.717) is 11.6 Å². The van der Waals surface area contributed by atoms with Crippen molar-refractivity contribution < 1.29 is 18.4 Å². The van der Waals surface area contributed by atoms with Crippen molar-refractivity contribution in [3.63, 3.8) is 0 Å². The van der Waals surface area contributed by atoms with Crippen molar-refractivity contribution in [1.82, 2.24) is 29.1 Å². The number of allylic oxidation sites excluding steroid dienone is 1. The Hall–Kier alpha value is -4.07. The minimum atomic E-state index is -2.74. The average molecular weight is 488 g/mol. The second-order valence-electron chi connectivity index (χ2n) is 8.55. The van der Waals surface area contributed by atoms with Crippen LogP contribution >= 0.6 is 0 Å². The molecule has 5 heterocycles. The number of carbonyl (C=O) groups excluding carboxylic acids is 1. The van der Waals surface area contributed by atoms with Crippen molar-refractivity contribution in [2.75, 3.05) is 23.3 Å². The van der Waals surface area contributed by atoms with Crippen LogP contribution in [0.5, 0.6) is 0 Å². The summed E-state index contributed by atoms with van der Waals surface area (Å²) in [5.41, 5.74) is 1.83. The molecule has 0 bridgehead atoms. The number of halogens is 2. The zero-order valence-corrected chi connectivity index (χ0v) is 18.9. The van der Waals surface area contributed by atoms with E-state index in [4.69, 9.17) is 4.84 Å². The molecule has 0 aliphatic carbocycles. The summed E-state index contributed by atoms with van der Waals surface area (Å²) in [7, 11) is 1.49. The number of aryl methyl sites for hydroxylation is 1. The molecule has 184 valence electrons. The molecule has 2 aliphatic heterocycles. The van der Waals surface area contributed by atoms with E-state index in [0.717, 1.165) is 4.57 Å². The highest BCUT2D eigenvalue weighted by molar-refractivity contribution is 5.90. The lowest BCUT2D eigenvalue weighted by molar-refractivity contribution is -0.116. The second kappa shape index (κ2) is 8.30. The Balaban J connectivity index is 1.37. The molecule has 2 N–H and O–H groups in total. The fraction of sp³-hybridized carbons (Fsp3) is 0.381. The number of carbonyl (C=O) groups is 1. The second-order valence-corrected chi connectivity index (χ2v) is 8.55. The molecule has 1 saturated heterocycles. The zero-order valence-electron chi connectivity index (χ0n) is 18.9. The van der Waals surface area contributed by atoms with Gasteiger partial charge in [0.2, 0.25) is 5.91 Å². The molecule has 0 spiro atoms. The third-order valence-electron chi connectivity index (χ3n) is 5.77. The van der Waals surface area contributed by atoms with Crippen LogP contribution in [0, 0.1) is 0 Å². The van der Waals surface area contributed by atoms with E-state index in [9.17, 15) is 23.2 Å². The number of alkyl halides is 2. The van der Waals surface area contributed by atoms with Gasteiger partial charge >= 0.3 is 5.69 Å². The Morgan fingerprint density at radius 1 is 1.31 bits per heavy atom. The predicted octanol–water partition coefficient (Wildman–Crippen LogP) is 0.193. The van der Waals surface area contributed by atoms with Gasteiger partial charge in [-0.1, -0.05) is 6.07 Å². The lowest BCUT2D eigenvalue weighted by Crippen LogP contribution is -2.56. The van der Waals surface area contributed by atoms with Crippen molar-refractivity contribution in [3.8, 4) is 0 Å². The van der Waals surface area contributed by atoms with Crippen molar-refractivity contribution in [1.29, 1.82) is 0 Å². The fourth-order valence-electron chi connectivity index (χ4n) is 4.09. The maximum absolute atomic E-state index is 13.2. The molecule has 2 aliphatic rings. The summed E-state index contributed by atoms with van der Waals surface area (Å²) in [6.45, 7) is 0.639. The van der Waals surface area contributed by atoms with Gasteiger partial charge in [0.1, 0.15) is 23.9 Å². The van der Waals surface area contributed by atoms with Gasteiger partial charge in [0, 0.05) is 7.05 Å². The molecular weight excluding hydrogens is 466 g/mol. The van der Waals surface area contributed by atoms with Crippen LogP contribution in [0.1, 0.15) is 6.92 Å². The number of anilines is 2. The Kier molecular flexibility index (Phi) is 5.39. The largest absolute Gasteiger partial charge is 0.413 e. The van der Waals surface area contributed by atoms with Gasteiger partial charge < -0.3 is 19.6 Å². The van der Waals surface area contributed by atoms with Crippen LogP contribution in [-0.2, 0) is 29.8 Å². The van der Waals surface area contributed by atoms with Crippen LogP contribution in [0.15, 0.2) is 46.0 Å². The predicted molar refractivity (Wildman–Crippen MR) is 121 cm³/mol. The Labute approximate surface area is 196 Å². The van der Waals surface area contributed by atoms with Crippen molar-refractivity contribution >= 4 is 28.7 Å². The maximum Gasteiger partial charge on any atom is 0.332 e.